The van der Waals surface area contributed by atoms with E-state index < -0.39 is 0 Å². The number of rotatable bonds is 5. The van der Waals surface area contributed by atoms with Crippen LogP contribution in [-0.2, 0) is 13.0 Å². The summed E-state index contributed by atoms with van der Waals surface area (Å²) in [6.45, 7) is 8.95. The predicted octanol–water partition coefficient (Wildman–Crippen LogP) is 5.69. The molecule has 5 aromatic rings. The van der Waals surface area contributed by atoms with Crippen molar-refractivity contribution < 1.29 is 0 Å². The molecule has 6 nitrogen and oxygen atoms in total. The van der Waals surface area contributed by atoms with Crippen LogP contribution in [0.4, 0.5) is 0 Å². The highest BCUT2D eigenvalue weighted by Crippen LogP contribution is 2.27. The zero-order valence-electron chi connectivity index (χ0n) is 19.9. The van der Waals surface area contributed by atoms with Gasteiger partial charge >= 0.3 is 0 Å². The Bertz CT molecular complexity index is 1550. The quantitative estimate of drug-likeness (QED) is 0.348. The van der Waals surface area contributed by atoms with E-state index in [0.29, 0.717) is 12.1 Å². The van der Waals surface area contributed by atoms with Crippen LogP contribution >= 0.6 is 0 Å². The SMILES string of the molecule is CCc1nc2c(C)cc(C)nc2n1Cc1ccc(-c2cc(-n3cc(C)cn3)ccc2C#N)cc1. The van der Waals surface area contributed by atoms with Gasteiger partial charge in [-0.05, 0) is 67.3 Å². The summed E-state index contributed by atoms with van der Waals surface area (Å²) in [6.07, 6.45) is 4.65. The molecule has 0 aliphatic carbocycles. The molecule has 0 radical (unpaired) electrons. The summed E-state index contributed by atoms with van der Waals surface area (Å²) in [4.78, 5) is 9.64. The van der Waals surface area contributed by atoms with Crippen molar-refractivity contribution >= 4 is 11.2 Å². The summed E-state index contributed by atoms with van der Waals surface area (Å²) in [5, 5.41) is 14.1. The highest BCUT2D eigenvalue weighted by molar-refractivity contribution is 5.76. The average Bonchev–Trinajstić information content (AvgIpc) is 3.43. The molecule has 0 N–H and O–H groups in total. The van der Waals surface area contributed by atoms with Gasteiger partial charge in [0.15, 0.2) is 5.65 Å². The maximum atomic E-state index is 9.68. The molecule has 6 heteroatoms. The molecule has 0 unspecified atom stereocenters. The first-order valence-electron chi connectivity index (χ1n) is 11.4. The topological polar surface area (TPSA) is 72.3 Å². The van der Waals surface area contributed by atoms with Gasteiger partial charge < -0.3 is 4.57 Å². The molecule has 0 aliphatic rings. The number of aryl methyl sites for hydroxylation is 4. The molecule has 0 amide bonds. The molecular formula is C28H26N6. The highest BCUT2D eigenvalue weighted by atomic mass is 15.3. The van der Waals surface area contributed by atoms with Gasteiger partial charge in [0.2, 0.25) is 0 Å². The van der Waals surface area contributed by atoms with Crippen molar-refractivity contribution in [1.82, 2.24) is 24.3 Å². The Labute approximate surface area is 199 Å². The second-order valence-corrected chi connectivity index (χ2v) is 8.72. The molecule has 0 atom stereocenters. The minimum absolute atomic E-state index is 0.643. The zero-order chi connectivity index (χ0) is 23.8. The first-order valence-corrected chi connectivity index (χ1v) is 11.4. The number of hydrogen-bond acceptors (Lipinski definition) is 4. The van der Waals surface area contributed by atoms with Crippen molar-refractivity contribution in [2.75, 3.05) is 0 Å². The standard InChI is InChI=1S/C28H26N6/c1-5-26-32-27-19(3)12-20(4)31-28(27)33(26)17-21-6-8-22(9-7-21)25-13-24(11-10-23(25)14-29)34-16-18(2)15-30-34/h6-13,15-16H,5,17H2,1-4H3. The number of pyridine rings is 1. The van der Waals surface area contributed by atoms with Gasteiger partial charge in [0, 0.05) is 23.9 Å². The fourth-order valence-electron chi connectivity index (χ4n) is 4.42. The summed E-state index contributed by atoms with van der Waals surface area (Å²) in [7, 11) is 0. The van der Waals surface area contributed by atoms with Crippen LogP contribution in [0.2, 0.25) is 0 Å². The summed E-state index contributed by atoms with van der Waals surface area (Å²) in [5.74, 6) is 1.04. The van der Waals surface area contributed by atoms with E-state index in [1.54, 1.807) is 0 Å². The van der Waals surface area contributed by atoms with Crippen molar-refractivity contribution in [1.29, 1.82) is 5.26 Å². The maximum Gasteiger partial charge on any atom is 0.160 e. The molecule has 2 aromatic carbocycles. The van der Waals surface area contributed by atoms with Gasteiger partial charge in [-0.1, -0.05) is 31.2 Å². The molecule has 34 heavy (non-hydrogen) atoms. The Kier molecular flexibility index (Phi) is 5.46. The third kappa shape index (κ3) is 3.86. The number of nitriles is 1. The molecule has 168 valence electrons. The lowest BCUT2D eigenvalue weighted by molar-refractivity contribution is 0.745. The molecule has 0 spiro atoms. The van der Waals surface area contributed by atoms with E-state index in [9.17, 15) is 5.26 Å². The smallest absolute Gasteiger partial charge is 0.160 e. The van der Waals surface area contributed by atoms with E-state index in [0.717, 1.165) is 62.6 Å². The molecule has 0 bridgehead atoms. The molecule has 0 fully saturated rings. The van der Waals surface area contributed by atoms with Crippen LogP contribution in [-0.4, -0.2) is 24.3 Å². The second-order valence-electron chi connectivity index (χ2n) is 8.72. The first-order chi connectivity index (χ1) is 16.5. The lowest BCUT2D eigenvalue weighted by atomic mass is 9.98. The van der Waals surface area contributed by atoms with E-state index in [1.807, 2.05) is 49.1 Å². The van der Waals surface area contributed by atoms with Gasteiger partial charge in [0.25, 0.3) is 0 Å². The van der Waals surface area contributed by atoms with Gasteiger partial charge in [-0.2, -0.15) is 10.4 Å². The lowest BCUT2D eigenvalue weighted by Gasteiger charge is -2.11. The predicted molar refractivity (Wildman–Crippen MR) is 134 cm³/mol. The molecule has 0 saturated carbocycles. The highest BCUT2D eigenvalue weighted by Gasteiger charge is 2.14. The Morgan fingerprint density at radius 3 is 2.44 bits per heavy atom. The molecule has 3 heterocycles. The fourth-order valence-corrected chi connectivity index (χ4v) is 4.42. The first kappa shape index (κ1) is 21.6. The third-order valence-electron chi connectivity index (χ3n) is 6.12. The van der Waals surface area contributed by atoms with E-state index in [4.69, 9.17) is 9.97 Å². The van der Waals surface area contributed by atoms with Crippen LogP contribution in [0.3, 0.4) is 0 Å². The third-order valence-corrected chi connectivity index (χ3v) is 6.12. The van der Waals surface area contributed by atoms with Crippen LogP contribution in [0, 0.1) is 32.1 Å². The zero-order valence-corrected chi connectivity index (χ0v) is 19.9. The normalized spacial score (nSPS) is 11.1. The van der Waals surface area contributed by atoms with E-state index in [1.165, 1.54) is 0 Å². The van der Waals surface area contributed by atoms with Crippen LogP contribution in [0.25, 0.3) is 28.0 Å². The van der Waals surface area contributed by atoms with Crippen LogP contribution < -0.4 is 0 Å². The Morgan fingerprint density at radius 2 is 1.76 bits per heavy atom. The van der Waals surface area contributed by atoms with Crippen molar-refractivity contribution in [2.45, 2.75) is 40.7 Å². The maximum absolute atomic E-state index is 9.68. The largest absolute Gasteiger partial charge is 0.308 e. The number of aromatic nitrogens is 5. The van der Waals surface area contributed by atoms with Gasteiger partial charge in [-0.3, -0.25) is 0 Å². The van der Waals surface area contributed by atoms with Crippen molar-refractivity contribution in [3.05, 3.63) is 94.7 Å². The molecule has 3 aromatic heterocycles. The van der Waals surface area contributed by atoms with Crippen LogP contribution in [0.1, 0.15) is 40.7 Å². The second kappa shape index (κ2) is 8.60. The average molecular weight is 447 g/mol. The summed E-state index contributed by atoms with van der Waals surface area (Å²) in [5.41, 5.74) is 9.80. The van der Waals surface area contributed by atoms with Crippen molar-refractivity contribution in [3.8, 4) is 22.9 Å². The van der Waals surface area contributed by atoms with Gasteiger partial charge in [-0.15, -0.1) is 0 Å². The molecule has 0 saturated heterocycles. The lowest BCUT2D eigenvalue weighted by Crippen LogP contribution is -2.05. The fraction of sp³-hybridized carbons (Fsp3) is 0.214. The van der Waals surface area contributed by atoms with Gasteiger partial charge in [0.05, 0.1) is 30.1 Å². The number of nitrogens with zero attached hydrogens (tertiary/aromatic N) is 6. The van der Waals surface area contributed by atoms with Crippen molar-refractivity contribution in [2.24, 2.45) is 0 Å². The molecule has 0 aliphatic heterocycles. The monoisotopic (exact) mass is 446 g/mol. The van der Waals surface area contributed by atoms with E-state index >= 15 is 0 Å². The minimum Gasteiger partial charge on any atom is -0.308 e. The Morgan fingerprint density at radius 1 is 0.971 bits per heavy atom. The number of benzene rings is 2. The molecular weight excluding hydrogens is 420 g/mol. The summed E-state index contributed by atoms with van der Waals surface area (Å²) >= 11 is 0. The number of imidazole rings is 1. The van der Waals surface area contributed by atoms with Gasteiger partial charge in [0.1, 0.15) is 11.3 Å². The van der Waals surface area contributed by atoms with E-state index in [-0.39, 0.29) is 0 Å². The van der Waals surface area contributed by atoms with E-state index in [2.05, 4.69) is 59.9 Å². The minimum atomic E-state index is 0.643. The van der Waals surface area contributed by atoms with Crippen molar-refractivity contribution in [3.63, 3.8) is 0 Å². The summed E-state index contributed by atoms with van der Waals surface area (Å²) in [6, 6.07) is 18.6. The molecule has 5 rings (SSSR count). The number of hydrogen-bond donors (Lipinski definition) is 0. The Balaban J connectivity index is 1.50. The summed E-state index contributed by atoms with van der Waals surface area (Å²) < 4.78 is 4.05. The Hall–Kier alpha value is -4.24. The van der Waals surface area contributed by atoms with Gasteiger partial charge in [-0.25, -0.2) is 14.6 Å². The van der Waals surface area contributed by atoms with Crippen LogP contribution in [0.5, 0.6) is 0 Å². The number of fused-ring (bicyclic) bond motifs is 1. The van der Waals surface area contributed by atoms with Crippen LogP contribution in [0.15, 0.2) is 60.9 Å².